The first-order valence-electron chi connectivity index (χ1n) is 5.19. The fraction of sp³-hybridized carbons (Fsp3) is 0.167. The predicted molar refractivity (Wildman–Crippen MR) is 62.3 cm³/mol. The second-order valence-electron chi connectivity index (χ2n) is 3.77. The van der Waals surface area contributed by atoms with E-state index in [-0.39, 0.29) is 17.1 Å². The molecular formula is C12H10F2N4. The molecule has 1 aromatic heterocycles. The van der Waals surface area contributed by atoms with E-state index >= 15 is 0 Å². The maximum Gasteiger partial charge on any atom is 0.149 e. The molecule has 0 aliphatic heterocycles. The molecule has 0 radical (unpaired) electrons. The zero-order valence-corrected chi connectivity index (χ0v) is 9.83. The summed E-state index contributed by atoms with van der Waals surface area (Å²) in [6.07, 6.45) is 0. The van der Waals surface area contributed by atoms with Gasteiger partial charge < -0.3 is 5.32 Å². The Kier molecular flexibility index (Phi) is 2.98. The van der Waals surface area contributed by atoms with E-state index in [1.807, 2.05) is 6.07 Å². The predicted octanol–water partition coefficient (Wildman–Crippen LogP) is 2.62. The topological polar surface area (TPSA) is 53.6 Å². The van der Waals surface area contributed by atoms with Gasteiger partial charge in [0.05, 0.1) is 5.69 Å². The summed E-state index contributed by atoms with van der Waals surface area (Å²) in [5.74, 6) is -1.19. The van der Waals surface area contributed by atoms with Crippen LogP contribution in [0.3, 0.4) is 0 Å². The highest BCUT2D eigenvalue weighted by Gasteiger charge is 2.16. The number of aryl methyl sites for hydroxylation is 2. The number of para-hydroxylation sites is 1. The minimum Gasteiger partial charge on any atom is -0.335 e. The highest BCUT2D eigenvalue weighted by Crippen LogP contribution is 2.26. The SMILES string of the molecule is Cc1nn(C)c(Nc2c(F)cccc2F)c1C#N. The Bertz CT molecular complexity index is 620. The van der Waals surface area contributed by atoms with Crippen LogP contribution in [-0.4, -0.2) is 9.78 Å². The lowest BCUT2D eigenvalue weighted by molar-refractivity contribution is 0.590. The number of rotatable bonds is 2. The Morgan fingerprint density at radius 1 is 1.33 bits per heavy atom. The number of halogens is 2. The van der Waals surface area contributed by atoms with E-state index in [0.717, 1.165) is 12.1 Å². The van der Waals surface area contributed by atoms with Crippen molar-refractivity contribution in [3.05, 3.63) is 41.1 Å². The molecule has 2 aromatic rings. The second kappa shape index (κ2) is 4.45. The third-order valence-electron chi connectivity index (χ3n) is 2.54. The molecule has 0 saturated heterocycles. The van der Waals surface area contributed by atoms with E-state index < -0.39 is 11.6 Å². The van der Waals surface area contributed by atoms with E-state index in [9.17, 15) is 8.78 Å². The maximum absolute atomic E-state index is 13.5. The lowest BCUT2D eigenvalue weighted by Crippen LogP contribution is -2.03. The van der Waals surface area contributed by atoms with Crippen LogP contribution in [0.1, 0.15) is 11.3 Å². The van der Waals surface area contributed by atoms with Crippen molar-refractivity contribution >= 4 is 11.5 Å². The quantitative estimate of drug-likeness (QED) is 0.888. The molecule has 0 saturated carbocycles. The van der Waals surface area contributed by atoms with Crippen molar-refractivity contribution in [3.8, 4) is 6.07 Å². The Balaban J connectivity index is 2.50. The number of anilines is 2. The molecular weight excluding hydrogens is 238 g/mol. The van der Waals surface area contributed by atoms with Crippen LogP contribution >= 0.6 is 0 Å². The molecule has 92 valence electrons. The van der Waals surface area contributed by atoms with Gasteiger partial charge in [-0.2, -0.15) is 10.4 Å². The number of hydrogen-bond acceptors (Lipinski definition) is 3. The van der Waals surface area contributed by atoms with Crippen LogP contribution in [0.15, 0.2) is 18.2 Å². The van der Waals surface area contributed by atoms with Crippen molar-refractivity contribution in [2.45, 2.75) is 6.92 Å². The summed E-state index contributed by atoms with van der Waals surface area (Å²) in [6.45, 7) is 1.65. The lowest BCUT2D eigenvalue weighted by atomic mass is 10.2. The van der Waals surface area contributed by atoms with Gasteiger partial charge in [-0.15, -0.1) is 0 Å². The molecule has 18 heavy (non-hydrogen) atoms. The first kappa shape index (κ1) is 12.0. The number of benzene rings is 1. The highest BCUT2D eigenvalue weighted by atomic mass is 19.1. The largest absolute Gasteiger partial charge is 0.335 e. The third kappa shape index (κ3) is 1.91. The summed E-state index contributed by atoms with van der Waals surface area (Å²) in [5.41, 5.74) is 0.469. The molecule has 0 amide bonds. The van der Waals surface area contributed by atoms with Gasteiger partial charge in [-0.05, 0) is 19.1 Å². The summed E-state index contributed by atoms with van der Waals surface area (Å²) >= 11 is 0. The van der Waals surface area contributed by atoms with E-state index in [1.165, 1.54) is 10.7 Å². The number of aromatic nitrogens is 2. The van der Waals surface area contributed by atoms with Crippen molar-refractivity contribution in [2.24, 2.45) is 7.05 Å². The van der Waals surface area contributed by atoms with Gasteiger partial charge in [0.15, 0.2) is 0 Å². The van der Waals surface area contributed by atoms with Gasteiger partial charge in [-0.25, -0.2) is 8.78 Å². The Morgan fingerprint density at radius 3 is 2.50 bits per heavy atom. The monoisotopic (exact) mass is 248 g/mol. The molecule has 0 fully saturated rings. The molecule has 0 aliphatic carbocycles. The van der Waals surface area contributed by atoms with Crippen molar-refractivity contribution < 1.29 is 8.78 Å². The van der Waals surface area contributed by atoms with Crippen LogP contribution in [-0.2, 0) is 7.05 Å². The second-order valence-corrected chi connectivity index (χ2v) is 3.77. The van der Waals surface area contributed by atoms with Crippen LogP contribution in [0.25, 0.3) is 0 Å². The van der Waals surface area contributed by atoms with E-state index in [4.69, 9.17) is 5.26 Å². The van der Waals surface area contributed by atoms with Crippen LogP contribution < -0.4 is 5.32 Å². The Labute approximate surface area is 102 Å². The van der Waals surface area contributed by atoms with Crippen LogP contribution in [0.2, 0.25) is 0 Å². The molecule has 6 heteroatoms. The zero-order valence-electron chi connectivity index (χ0n) is 9.83. The average Bonchev–Trinajstić information content (AvgIpc) is 2.58. The zero-order chi connectivity index (χ0) is 13.3. The molecule has 4 nitrogen and oxygen atoms in total. The summed E-state index contributed by atoms with van der Waals surface area (Å²) < 4.78 is 28.4. The fourth-order valence-electron chi connectivity index (χ4n) is 1.67. The van der Waals surface area contributed by atoms with Gasteiger partial charge in [0.1, 0.15) is 34.8 Å². The van der Waals surface area contributed by atoms with E-state index in [2.05, 4.69) is 10.4 Å². The van der Waals surface area contributed by atoms with Crippen molar-refractivity contribution in [2.75, 3.05) is 5.32 Å². The average molecular weight is 248 g/mol. The number of hydrogen-bond donors (Lipinski definition) is 1. The number of nitriles is 1. The minimum atomic E-state index is -0.724. The normalized spacial score (nSPS) is 10.2. The summed E-state index contributed by atoms with van der Waals surface area (Å²) in [6, 6.07) is 5.51. The van der Waals surface area contributed by atoms with Crippen LogP contribution in [0.4, 0.5) is 20.3 Å². The van der Waals surface area contributed by atoms with Crippen molar-refractivity contribution in [1.29, 1.82) is 5.26 Å². The van der Waals surface area contributed by atoms with Gasteiger partial charge in [-0.3, -0.25) is 4.68 Å². The molecule has 0 spiro atoms. The molecule has 0 bridgehead atoms. The first-order chi connectivity index (χ1) is 8.54. The molecule has 1 N–H and O–H groups in total. The smallest absolute Gasteiger partial charge is 0.149 e. The standard InChI is InChI=1S/C12H10F2N4/c1-7-8(6-15)12(18(2)17-7)16-11-9(13)4-3-5-10(11)14/h3-5,16H,1-2H3. The van der Waals surface area contributed by atoms with Gasteiger partial charge in [-0.1, -0.05) is 6.07 Å². The molecule has 2 rings (SSSR count). The summed E-state index contributed by atoms with van der Waals surface area (Å²) in [4.78, 5) is 0. The van der Waals surface area contributed by atoms with Crippen molar-refractivity contribution in [3.63, 3.8) is 0 Å². The maximum atomic E-state index is 13.5. The summed E-state index contributed by atoms with van der Waals surface area (Å²) in [5, 5.41) is 15.6. The molecule has 0 aliphatic rings. The fourth-order valence-corrected chi connectivity index (χ4v) is 1.67. The van der Waals surface area contributed by atoms with E-state index in [1.54, 1.807) is 14.0 Å². The van der Waals surface area contributed by atoms with Crippen molar-refractivity contribution in [1.82, 2.24) is 9.78 Å². The van der Waals surface area contributed by atoms with Gasteiger partial charge in [0.25, 0.3) is 0 Å². The molecule has 0 atom stereocenters. The van der Waals surface area contributed by atoms with Crippen LogP contribution in [0.5, 0.6) is 0 Å². The van der Waals surface area contributed by atoms with Crippen LogP contribution in [0, 0.1) is 29.9 Å². The molecule has 1 heterocycles. The molecule has 1 aromatic carbocycles. The van der Waals surface area contributed by atoms with Gasteiger partial charge in [0.2, 0.25) is 0 Å². The van der Waals surface area contributed by atoms with Gasteiger partial charge >= 0.3 is 0 Å². The first-order valence-corrected chi connectivity index (χ1v) is 5.19. The van der Waals surface area contributed by atoms with Gasteiger partial charge in [0, 0.05) is 7.05 Å². The third-order valence-corrected chi connectivity index (χ3v) is 2.54. The Morgan fingerprint density at radius 2 is 1.94 bits per heavy atom. The van der Waals surface area contributed by atoms with E-state index in [0.29, 0.717) is 5.69 Å². The summed E-state index contributed by atoms with van der Waals surface area (Å²) in [7, 11) is 1.59. The lowest BCUT2D eigenvalue weighted by Gasteiger charge is -2.09. The minimum absolute atomic E-state index is 0.263. The number of nitrogens with zero attached hydrogens (tertiary/aromatic N) is 3. The molecule has 0 unspecified atom stereocenters. The highest BCUT2D eigenvalue weighted by molar-refractivity contribution is 5.65. The number of nitrogens with one attached hydrogen (secondary N) is 1. The Hall–Kier alpha value is -2.42.